The number of aromatic nitrogens is 3. The van der Waals surface area contributed by atoms with Crippen LogP contribution in [0.2, 0.25) is 0 Å². The predicted octanol–water partition coefficient (Wildman–Crippen LogP) is 1.47. The molecule has 2 aromatic heterocycles. The number of aryl methyl sites for hydroxylation is 1. The molecule has 0 saturated carbocycles. The van der Waals surface area contributed by atoms with Gasteiger partial charge in [-0.3, -0.25) is 14.5 Å². The van der Waals surface area contributed by atoms with Crippen LogP contribution in [0.25, 0.3) is 0 Å². The highest BCUT2D eigenvalue weighted by molar-refractivity contribution is 5.98. The molecule has 4 heterocycles. The Kier molecular flexibility index (Phi) is 6.06. The quantitative estimate of drug-likeness (QED) is 0.583. The molecular weight excluding hydrogens is 438 g/mol. The summed E-state index contributed by atoms with van der Waals surface area (Å²) in [5.74, 6) is 0.920. The SMILES string of the molecule is COc1cc(=O)n2c(c1C(=O)NCc1nonc1C)CCN(Cc1ccc3c(c1)CCO3)CC2. The zero-order valence-corrected chi connectivity index (χ0v) is 19.3. The smallest absolute Gasteiger partial charge is 0.257 e. The Hall–Kier alpha value is -3.66. The lowest BCUT2D eigenvalue weighted by atomic mass is 10.1. The zero-order valence-electron chi connectivity index (χ0n) is 19.3. The number of rotatable bonds is 6. The molecule has 178 valence electrons. The van der Waals surface area contributed by atoms with Crippen LogP contribution in [0, 0.1) is 6.92 Å². The van der Waals surface area contributed by atoms with Gasteiger partial charge in [0.15, 0.2) is 0 Å². The Morgan fingerprint density at radius 1 is 1.18 bits per heavy atom. The van der Waals surface area contributed by atoms with Crippen LogP contribution in [-0.4, -0.2) is 52.5 Å². The van der Waals surface area contributed by atoms with E-state index in [-0.39, 0.29) is 23.8 Å². The van der Waals surface area contributed by atoms with Crippen LogP contribution >= 0.6 is 0 Å². The van der Waals surface area contributed by atoms with Crippen molar-refractivity contribution in [1.29, 1.82) is 0 Å². The van der Waals surface area contributed by atoms with Crippen LogP contribution in [0.3, 0.4) is 0 Å². The topological polar surface area (TPSA) is 112 Å². The third-order valence-electron chi connectivity index (χ3n) is 6.46. The van der Waals surface area contributed by atoms with Crippen LogP contribution in [0.5, 0.6) is 11.5 Å². The third kappa shape index (κ3) is 4.28. The number of fused-ring (bicyclic) bond motifs is 2. The number of hydrogen-bond acceptors (Lipinski definition) is 8. The lowest BCUT2D eigenvalue weighted by Gasteiger charge is -2.19. The van der Waals surface area contributed by atoms with Crippen molar-refractivity contribution in [1.82, 2.24) is 25.1 Å². The van der Waals surface area contributed by atoms with Gasteiger partial charge in [-0.2, -0.15) is 0 Å². The first-order valence-corrected chi connectivity index (χ1v) is 11.4. The molecule has 2 aliphatic rings. The Labute approximate surface area is 196 Å². The summed E-state index contributed by atoms with van der Waals surface area (Å²) in [5, 5.41) is 10.4. The number of carbonyl (C=O) groups excluding carboxylic acids is 1. The maximum absolute atomic E-state index is 13.2. The van der Waals surface area contributed by atoms with Gasteiger partial charge in [-0.15, -0.1) is 0 Å². The molecular formula is C24H27N5O5. The Morgan fingerprint density at radius 3 is 2.85 bits per heavy atom. The second-order valence-electron chi connectivity index (χ2n) is 8.57. The molecule has 0 fully saturated rings. The molecule has 0 bridgehead atoms. The van der Waals surface area contributed by atoms with Crippen molar-refractivity contribution < 1.29 is 18.9 Å². The molecule has 1 aromatic carbocycles. The Bertz CT molecular complexity index is 1280. The maximum atomic E-state index is 13.2. The van der Waals surface area contributed by atoms with Crippen LogP contribution in [-0.2, 0) is 32.5 Å². The van der Waals surface area contributed by atoms with Crippen molar-refractivity contribution in [3.63, 3.8) is 0 Å². The molecule has 5 rings (SSSR count). The zero-order chi connectivity index (χ0) is 23.7. The van der Waals surface area contributed by atoms with Gasteiger partial charge in [0.1, 0.15) is 28.5 Å². The first kappa shape index (κ1) is 22.1. The minimum atomic E-state index is -0.324. The standard InChI is InChI=1S/C24H27N5O5/c1-15-18(27-34-26-15)13-25-24(31)23-19-5-7-28(8-9-29(19)22(30)12-21(23)32-2)14-16-3-4-20-17(11-16)6-10-33-20/h3-4,11-12H,5-10,13-14H2,1-2H3,(H,25,31). The minimum Gasteiger partial charge on any atom is -0.496 e. The van der Waals surface area contributed by atoms with E-state index in [0.717, 1.165) is 25.3 Å². The molecule has 0 aliphatic carbocycles. The normalized spacial score (nSPS) is 15.2. The van der Waals surface area contributed by atoms with Gasteiger partial charge in [0.05, 0.1) is 20.3 Å². The number of carbonyl (C=O) groups is 1. The summed E-state index contributed by atoms with van der Waals surface area (Å²) in [4.78, 5) is 28.3. The predicted molar refractivity (Wildman–Crippen MR) is 122 cm³/mol. The van der Waals surface area contributed by atoms with Crippen LogP contribution in [0.4, 0.5) is 0 Å². The maximum Gasteiger partial charge on any atom is 0.257 e. The number of amides is 1. The van der Waals surface area contributed by atoms with E-state index in [2.05, 4.69) is 32.7 Å². The molecule has 10 nitrogen and oxygen atoms in total. The number of ether oxygens (including phenoxy) is 2. The molecule has 0 radical (unpaired) electrons. The summed E-state index contributed by atoms with van der Waals surface area (Å²) in [5.41, 5.74) is 4.52. The molecule has 0 spiro atoms. The average Bonchev–Trinajstić information content (AvgIpc) is 3.41. The van der Waals surface area contributed by atoms with Gasteiger partial charge in [-0.1, -0.05) is 22.4 Å². The van der Waals surface area contributed by atoms with Crippen molar-refractivity contribution in [3.05, 3.63) is 68.4 Å². The van der Waals surface area contributed by atoms with E-state index in [1.807, 2.05) is 6.07 Å². The van der Waals surface area contributed by atoms with E-state index in [9.17, 15) is 9.59 Å². The fourth-order valence-electron chi connectivity index (χ4n) is 4.62. The summed E-state index contributed by atoms with van der Waals surface area (Å²) in [6, 6.07) is 7.72. The molecule has 0 atom stereocenters. The summed E-state index contributed by atoms with van der Waals surface area (Å²) in [6.45, 7) is 5.36. The van der Waals surface area contributed by atoms with Crippen molar-refractivity contribution >= 4 is 5.91 Å². The summed E-state index contributed by atoms with van der Waals surface area (Å²) < 4.78 is 17.4. The van der Waals surface area contributed by atoms with Crippen LogP contribution < -0.4 is 20.3 Å². The summed E-state index contributed by atoms with van der Waals surface area (Å²) in [6.07, 6.45) is 1.49. The van der Waals surface area contributed by atoms with Gasteiger partial charge in [0, 0.05) is 50.8 Å². The highest BCUT2D eigenvalue weighted by Crippen LogP contribution is 2.27. The van der Waals surface area contributed by atoms with E-state index in [1.165, 1.54) is 24.3 Å². The number of nitrogens with zero attached hydrogens (tertiary/aromatic N) is 4. The largest absolute Gasteiger partial charge is 0.496 e. The van der Waals surface area contributed by atoms with Gasteiger partial charge in [-0.05, 0) is 24.1 Å². The molecule has 0 unspecified atom stereocenters. The van der Waals surface area contributed by atoms with Gasteiger partial charge >= 0.3 is 0 Å². The second kappa shape index (κ2) is 9.30. The average molecular weight is 466 g/mol. The Morgan fingerprint density at radius 2 is 2.06 bits per heavy atom. The number of nitrogens with one attached hydrogen (secondary N) is 1. The van der Waals surface area contributed by atoms with E-state index >= 15 is 0 Å². The molecule has 34 heavy (non-hydrogen) atoms. The van der Waals surface area contributed by atoms with Crippen LogP contribution in [0.1, 0.15) is 38.6 Å². The molecule has 2 aliphatic heterocycles. The number of benzene rings is 1. The lowest BCUT2D eigenvalue weighted by Crippen LogP contribution is -2.31. The summed E-state index contributed by atoms with van der Waals surface area (Å²) >= 11 is 0. The lowest BCUT2D eigenvalue weighted by molar-refractivity contribution is 0.0944. The van der Waals surface area contributed by atoms with Gasteiger partial charge in [-0.25, -0.2) is 4.63 Å². The second-order valence-corrected chi connectivity index (χ2v) is 8.57. The first-order valence-electron chi connectivity index (χ1n) is 11.4. The third-order valence-corrected chi connectivity index (χ3v) is 6.46. The summed E-state index contributed by atoms with van der Waals surface area (Å²) in [7, 11) is 1.47. The van der Waals surface area contributed by atoms with E-state index in [1.54, 1.807) is 11.5 Å². The van der Waals surface area contributed by atoms with Crippen molar-refractivity contribution in [3.8, 4) is 11.5 Å². The molecule has 3 aromatic rings. The van der Waals surface area contributed by atoms with Gasteiger partial charge in [0.2, 0.25) is 0 Å². The van der Waals surface area contributed by atoms with E-state index < -0.39 is 0 Å². The van der Waals surface area contributed by atoms with Crippen LogP contribution in [0.15, 0.2) is 33.7 Å². The minimum absolute atomic E-state index is 0.170. The van der Waals surface area contributed by atoms with Crippen molar-refractivity contribution in [2.75, 3.05) is 26.8 Å². The molecule has 10 heteroatoms. The Balaban J connectivity index is 1.36. The van der Waals surface area contributed by atoms with E-state index in [4.69, 9.17) is 14.1 Å². The monoisotopic (exact) mass is 465 g/mol. The first-order chi connectivity index (χ1) is 16.5. The highest BCUT2D eigenvalue weighted by Gasteiger charge is 2.26. The van der Waals surface area contributed by atoms with Crippen molar-refractivity contribution in [2.24, 2.45) is 0 Å². The molecule has 0 saturated heterocycles. The van der Waals surface area contributed by atoms with Gasteiger partial charge < -0.3 is 19.4 Å². The van der Waals surface area contributed by atoms with Gasteiger partial charge in [0.25, 0.3) is 11.5 Å². The fourth-order valence-corrected chi connectivity index (χ4v) is 4.62. The van der Waals surface area contributed by atoms with Crippen molar-refractivity contribution in [2.45, 2.75) is 39.4 Å². The number of methoxy groups -OCH3 is 1. The molecule has 1 amide bonds. The molecule has 1 N–H and O–H groups in total. The number of hydrogen-bond donors (Lipinski definition) is 1. The number of pyridine rings is 1. The van der Waals surface area contributed by atoms with E-state index in [0.29, 0.717) is 48.7 Å². The fraction of sp³-hybridized carbons (Fsp3) is 0.417. The highest BCUT2D eigenvalue weighted by atomic mass is 16.6.